The summed E-state index contributed by atoms with van der Waals surface area (Å²) in [5.41, 5.74) is 1.29. The lowest BCUT2D eigenvalue weighted by atomic mass is 10.0. The van der Waals surface area contributed by atoms with E-state index in [9.17, 15) is 4.79 Å². The highest BCUT2D eigenvalue weighted by Gasteiger charge is 2.19. The van der Waals surface area contributed by atoms with Crippen molar-refractivity contribution in [1.82, 2.24) is 9.80 Å². The van der Waals surface area contributed by atoms with E-state index in [-0.39, 0.29) is 5.78 Å². The summed E-state index contributed by atoms with van der Waals surface area (Å²) in [6, 6.07) is 15.1. The van der Waals surface area contributed by atoms with E-state index in [0.29, 0.717) is 22.8 Å². The SMILES string of the molecule is CN(C)C1CCN(CCCCCOc2ccc(C(=O)c3ccc(Cl)cc3)cc2)CC1. The van der Waals surface area contributed by atoms with Gasteiger partial charge in [0.15, 0.2) is 5.78 Å². The van der Waals surface area contributed by atoms with Crippen LogP contribution in [0.3, 0.4) is 0 Å². The number of ketones is 1. The van der Waals surface area contributed by atoms with E-state index in [2.05, 4.69) is 23.9 Å². The van der Waals surface area contributed by atoms with Gasteiger partial charge in [0.1, 0.15) is 5.75 Å². The molecule has 0 aromatic heterocycles. The Labute approximate surface area is 185 Å². The lowest BCUT2D eigenvalue weighted by Crippen LogP contribution is -2.42. The number of piperidine rings is 1. The first-order valence-corrected chi connectivity index (χ1v) is 11.3. The molecule has 2 aromatic rings. The van der Waals surface area contributed by atoms with Crippen LogP contribution in [-0.4, -0.2) is 62.0 Å². The minimum absolute atomic E-state index is 0.00664. The van der Waals surface area contributed by atoms with Gasteiger partial charge in [-0.3, -0.25) is 4.79 Å². The molecular weight excluding hydrogens is 396 g/mol. The van der Waals surface area contributed by atoms with Crippen LogP contribution in [0.1, 0.15) is 48.0 Å². The van der Waals surface area contributed by atoms with Crippen molar-refractivity contribution in [1.29, 1.82) is 0 Å². The third-order valence-corrected chi connectivity index (χ3v) is 6.15. The predicted molar refractivity (Wildman–Crippen MR) is 124 cm³/mol. The molecule has 0 atom stereocenters. The zero-order valence-corrected chi connectivity index (χ0v) is 18.9. The molecule has 0 aliphatic carbocycles. The topological polar surface area (TPSA) is 32.8 Å². The van der Waals surface area contributed by atoms with E-state index in [0.717, 1.165) is 18.2 Å². The summed E-state index contributed by atoms with van der Waals surface area (Å²) < 4.78 is 5.85. The van der Waals surface area contributed by atoms with Gasteiger partial charge in [-0.15, -0.1) is 0 Å². The highest BCUT2D eigenvalue weighted by molar-refractivity contribution is 6.30. The van der Waals surface area contributed by atoms with Crippen molar-refractivity contribution >= 4 is 17.4 Å². The second kappa shape index (κ2) is 11.5. The van der Waals surface area contributed by atoms with Crippen LogP contribution in [0, 0.1) is 0 Å². The maximum atomic E-state index is 12.5. The highest BCUT2D eigenvalue weighted by Crippen LogP contribution is 2.18. The number of carbonyl (C=O) groups is 1. The van der Waals surface area contributed by atoms with Crippen LogP contribution in [0.15, 0.2) is 48.5 Å². The Morgan fingerprint density at radius 1 is 0.967 bits per heavy atom. The summed E-state index contributed by atoms with van der Waals surface area (Å²) in [4.78, 5) is 17.4. The van der Waals surface area contributed by atoms with Crippen molar-refractivity contribution in [2.24, 2.45) is 0 Å². The van der Waals surface area contributed by atoms with Gasteiger partial charge in [0.25, 0.3) is 0 Å². The summed E-state index contributed by atoms with van der Waals surface area (Å²) >= 11 is 5.89. The molecule has 30 heavy (non-hydrogen) atoms. The number of unbranched alkanes of at least 4 members (excludes halogenated alkanes) is 2. The van der Waals surface area contributed by atoms with Crippen LogP contribution >= 0.6 is 11.6 Å². The van der Waals surface area contributed by atoms with E-state index in [1.807, 2.05) is 24.3 Å². The molecule has 0 radical (unpaired) electrons. The number of carbonyl (C=O) groups excluding carboxylic acids is 1. The van der Waals surface area contributed by atoms with Gasteiger partial charge in [0.2, 0.25) is 0 Å². The summed E-state index contributed by atoms with van der Waals surface area (Å²) in [7, 11) is 4.37. The fourth-order valence-corrected chi connectivity index (χ4v) is 4.06. The largest absolute Gasteiger partial charge is 0.494 e. The molecule has 1 fully saturated rings. The molecule has 3 rings (SSSR count). The molecule has 1 saturated heterocycles. The van der Waals surface area contributed by atoms with E-state index in [1.54, 1.807) is 24.3 Å². The van der Waals surface area contributed by atoms with Gasteiger partial charge in [0.05, 0.1) is 6.61 Å². The number of nitrogens with zero attached hydrogens (tertiary/aromatic N) is 2. The average molecular weight is 429 g/mol. The molecule has 5 heteroatoms. The third-order valence-electron chi connectivity index (χ3n) is 5.90. The zero-order valence-electron chi connectivity index (χ0n) is 18.1. The number of hydrogen-bond acceptors (Lipinski definition) is 4. The van der Waals surface area contributed by atoms with E-state index in [4.69, 9.17) is 16.3 Å². The zero-order chi connectivity index (χ0) is 21.3. The van der Waals surface area contributed by atoms with Crippen molar-refractivity contribution < 1.29 is 9.53 Å². The van der Waals surface area contributed by atoms with Crippen molar-refractivity contribution in [2.75, 3.05) is 40.3 Å². The van der Waals surface area contributed by atoms with Crippen molar-refractivity contribution in [3.05, 3.63) is 64.7 Å². The van der Waals surface area contributed by atoms with Gasteiger partial charge in [-0.1, -0.05) is 11.6 Å². The van der Waals surface area contributed by atoms with Crippen LogP contribution in [0.25, 0.3) is 0 Å². The molecule has 0 bridgehead atoms. The van der Waals surface area contributed by atoms with E-state index < -0.39 is 0 Å². The number of benzene rings is 2. The number of likely N-dealkylation sites (tertiary alicyclic amines) is 1. The molecule has 2 aromatic carbocycles. The minimum Gasteiger partial charge on any atom is -0.494 e. The van der Waals surface area contributed by atoms with Crippen molar-refractivity contribution in [3.63, 3.8) is 0 Å². The Balaban J connectivity index is 1.31. The first kappa shape index (κ1) is 22.8. The lowest BCUT2D eigenvalue weighted by molar-refractivity contribution is 0.103. The highest BCUT2D eigenvalue weighted by atomic mass is 35.5. The Kier molecular flexibility index (Phi) is 8.74. The number of halogens is 1. The van der Waals surface area contributed by atoms with Crippen LogP contribution < -0.4 is 4.74 Å². The Morgan fingerprint density at radius 2 is 1.57 bits per heavy atom. The summed E-state index contributed by atoms with van der Waals surface area (Å²) in [6.07, 6.45) is 6.03. The monoisotopic (exact) mass is 428 g/mol. The van der Waals surface area contributed by atoms with Gasteiger partial charge in [-0.25, -0.2) is 0 Å². The maximum absolute atomic E-state index is 12.5. The second-order valence-electron chi connectivity index (χ2n) is 8.31. The fraction of sp³-hybridized carbons (Fsp3) is 0.480. The second-order valence-corrected chi connectivity index (χ2v) is 8.74. The van der Waals surface area contributed by atoms with Gasteiger partial charge in [-0.2, -0.15) is 0 Å². The molecule has 1 heterocycles. The van der Waals surface area contributed by atoms with Gasteiger partial charge in [0, 0.05) is 22.2 Å². The molecule has 0 saturated carbocycles. The first-order chi connectivity index (χ1) is 14.5. The fourth-order valence-electron chi connectivity index (χ4n) is 3.93. The number of rotatable bonds is 10. The predicted octanol–water partition coefficient (Wildman–Crippen LogP) is 5.15. The standard InChI is InChI=1S/C25H33ClN2O2/c1-27(2)23-14-17-28(18-15-23)16-4-3-5-19-30-24-12-8-21(9-13-24)25(29)20-6-10-22(26)11-7-20/h6-13,23H,3-5,14-19H2,1-2H3. The normalized spacial score (nSPS) is 15.5. The Morgan fingerprint density at radius 3 is 2.17 bits per heavy atom. The van der Waals surface area contributed by atoms with E-state index >= 15 is 0 Å². The summed E-state index contributed by atoms with van der Waals surface area (Å²) in [5.74, 6) is 0.807. The quantitative estimate of drug-likeness (QED) is 0.387. The molecule has 1 aliphatic rings. The van der Waals surface area contributed by atoms with Crippen LogP contribution in [0.4, 0.5) is 0 Å². The molecule has 0 amide bonds. The summed E-state index contributed by atoms with van der Waals surface area (Å²) in [5, 5.41) is 0.629. The average Bonchev–Trinajstić information content (AvgIpc) is 2.77. The van der Waals surface area contributed by atoms with Crippen molar-refractivity contribution in [2.45, 2.75) is 38.1 Å². The minimum atomic E-state index is -0.00664. The van der Waals surface area contributed by atoms with Crippen LogP contribution in [0.2, 0.25) is 5.02 Å². The first-order valence-electron chi connectivity index (χ1n) is 10.9. The molecule has 0 spiro atoms. The van der Waals surface area contributed by atoms with Crippen molar-refractivity contribution in [3.8, 4) is 5.75 Å². The van der Waals surface area contributed by atoms with Gasteiger partial charge < -0.3 is 14.5 Å². The number of ether oxygens (including phenoxy) is 1. The van der Waals surface area contributed by atoms with Gasteiger partial charge >= 0.3 is 0 Å². The Hall–Kier alpha value is -1.88. The number of hydrogen-bond donors (Lipinski definition) is 0. The molecule has 4 nitrogen and oxygen atoms in total. The van der Waals surface area contributed by atoms with Crippen LogP contribution in [0.5, 0.6) is 5.75 Å². The summed E-state index contributed by atoms with van der Waals surface area (Å²) in [6.45, 7) is 4.36. The molecule has 0 N–H and O–H groups in total. The lowest BCUT2D eigenvalue weighted by Gasteiger charge is -2.35. The molecule has 0 unspecified atom stereocenters. The third kappa shape index (κ3) is 6.83. The molecule has 1 aliphatic heterocycles. The Bertz CT molecular complexity index is 782. The van der Waals surface area contributed by atoms with Gasteiger partial charge in [-0.05, 0) is 114 Å². The van der Waals surface area contributed by atoms with E-state index in [1.165, 1.54) is 45.3 Å². The maximum Gasteiger partial charge on any atom is 0.193 e. The smallest absolute Gasteiger partial charge is 0.193 e. The molecular formula is C25H33ClN2O2. The van der Waals surface area contributed by atoms with Crippen LogP contribution in [-0.2, 0) is 0 Å². The molecule has 162 valence electrons.